The minimum Gasteiger partial charge on any atom is -0.384 e. The van der Waals surface area contributed by atoms with Gasteiger partial charge in [0.05, 0.1) is 11.0 Å². The van der Waals surface area contributed by atoms with E-state index in [0.717, 1.165) is 6.07 Å². The lowest BCUT2D eigenvalue weighted by Gasteiger charge is -2.29. The average molecular weight is 254 g/mol. The van der Waals surface area contributed by atoms with Gasteiger partial charge in [0, 0.05) is 18.3 Å². The fourth-order valence-corrected chi connectivity index (χ4v) is 1.32. The third kappa shape index (κ3) is 3.68. The summed E-state index contributed by atoms with van der Waals surface area (Å²) in [4.78, 5) is 10.0. The van der Waals surface area contributed by atoms with Gasteiger partial charge < -0.3 is 5.32 Å². The molecular formula is C13H19FN2O2. The van der Waals surface area contributed by atoms with Gasteiger partial charge in [-0.15, -0.1) is 0 Å². The predicted molar refractivity (Wildman–Crippen MR) is 70.2 cm³/mol. The topological polar surface area (TPSA) is 55.2 Å². The van der Waals surface area contributed by atoms with Crippen molar-refractivity contribution in [2.75, 3.05) is 11.9 Å². The number of hydrogen-bond donors (Lipinski definition) is 1. The Bertz CT molecular complexity index is 445. The first-order valence-electron chi connectivity index (χ1n) is 5.91. The number of hydrogen-bond acceptors (Lipinski definition) is 3. The third-order valence-corrected chi connectivity index (χ3v) is 3.40. The van der Waals surface area contributed by atoms with Gasteiger partial charge in [0.15, 0.2) is 0 Å². The normalized spacial score (nSPS) is 11.7. The number of nitrogens with one attached hydrogen (secondary N) is 1. The van der Waals surface area contributed by atoms with Gasteiger partial charge in [-0.1, -0.05) is 27.7 Å². The van der Waals surface area contributed by atoms with Crippen LogP contribution in [-0.2, 0) is 0 Å². The van der Waals surface area contributed by atoms with Crippen LogP contribution in [0.5, 0.6) is 0 Å². The summed E-state index contributed by atoms with van der Waals surface area (Å²) in [7, 11) is 0. The van der Waals surface area contributed by atoms with Crippen molar-refractivity contribution in [3.8, 4) is 0 Å². The van der Waals surface area contributed by atoms with Crippen molar-refractivity contribution in [3.63, 3.8) is 0 Å². The standard InChI is InChI=1S/C13H19FN2O2/c1-9(2)13(3,4)8-15-11-5-10(14)6-12(7-11)16(17)18/h5-7,9,15H,8H2,1-4H3. The molecule has 0 aliphatic rings. The van der Waals surface area contributed by atoms with Crippen LogP contribution in [0.15, 0.2) is 18.2 Å². The van der Waals surface area contributed by atoms with Gasteiger partial charge in [-0.3, -0.25) is 10.1 Å². The molecule has 1 N–H and O–H groups in total. The van der Waals surface area contributed by atoms with Crippen molar-refractivity contribution in [1.82, 2.24) is 0 Å². The van der Waals surface area contributed by atoms with Crippen LogP contribution in [-0.4, -0.2) is 11.5 Å². The van der Waals surface area contributed by atoms with E-state index in [1.54, 1.807) is 0 Å². The van der Waals surface area contributed by atoms with E-state index in [1.165, 1.54) is 12.1 Å². The minimum absolute atomic E-state index is 0.0289. The van der Waals surface area contributed by atoms with Crippen molar-refractivity contribution >= 4 is 11.4 Å². The minimum atomic E-state index is -0.603. The highest BCUT2D eigenvalue weighted by atomic mass is 19.1. The van der Waals surface area contributed by atoms with Gasteiger partial charge in [-0.25, -0.2) is 4.39 Å². The fraction of sp³-hybridized carbons (Fsp3) is 0.538. The molecule has 0 atom stereocenters. The monoisotopic (exact) mass is 254 g/mol. The summed E-state index contributed by atoms with van der Waals surface area (Å²) in [5, 5.41) is 13.7. The van der Waals surface area contributed by atoms with Crippen LogP contribution in [0.2, 0.25) is 0 Å². The molecule has 0 amide bonds. The van der Waals surface area contributed by atoms with E-state index >= 15 is 0 Å². The molecule has 1 aromatic carbocycles. The molecule has 0 saturated heterocycles. The van der Waals surface area contributed by atoms with Crippen LogP contribution in [0.25, 0.3) is 0 Å². The highest BCUT2D eigenvalue weighted by Gasteiger charge is 2.22. The van der Waals surface area contributed by atoms with Gasteiger partial charge in [0.1, 0.15) is 5.82 Å². The first kappa shape index (κ1) is 14.4. The Kier molecular flexibility index (Phi) is 4.27. The van der Waals surface area contributed by atoms with Crippen molar-refractivity contribution in [1.29, 1.82) is 0 Å². The maximum atomic E-state index is 13.2. The summed E-state index contributed by atoms with van der Waals surface area (Å²) in [5.41, 5.74) is 0.233. The molecule has 0 aliphatic carbocycles. The Labute approximate surface area is 106 Å². The second-order valence-corrected chi connectivity index (χ2v) is 5.45. The van der Waals surface area contributed by atoms with E-state index in [-0.39, 0.29) is 11.1 Å². The molecule has 0 aliphatic heterocycles. The highest BCUT2D eigenvalue weighted by molar-refractivity contribution is 5.51. The number of benzene rings is 1. The molecule has 0 heterocycles. The van der Waals surface area contributed by atoms with Crippen molar-refractivity contribution in [2.45, 2.75) is 27.7 Å². The zero-order chi connectivity index (χ0) is 13.9. The van der Waals surface area contributed by atoms with Gasteiger partial charge in [-0.05, 0) is 17.4 Å². The molecule has 100 valence electrons. The lowest BCUT2D eigenvalue weighted by Crippen LogP contribution is -2.28. The summed E-state index contributed by atoms with van der Waals surface area (Å²) in [5.74, 6) is -0.150. The van der Waals surface area contributed by atoms with Crippen LogP contribution >= 0.6 is 0 Å². The molecule has 4 nitrogen and oxygen atoms in total. The molecule has 18 heavy (non-hydrogen) atoms. The Morgan fingerprint density at radius 3 is 2.50 bits per heavy atom. The van der Waals surface area contributed by atoms with Crippen molar-refractivity contribution in [3.05, 3.63) is 34.1 Å². The zero-order valence-electron chi connectivity index (χ0n) is 11.2. The van der Waals surface area contributed by atoms with Crippen LogP contribution in [0.3, 0.4) is 0 Å². The molecular weight excluding hydrogens is 235 g/mol. The van der Waals surface area contributed by atoms with E-state index < -0.39 is 10.7 Å². The maximum absolute atomic E-state index is 13.2. The summed E-state index contributed by atoms with van der Waals surface area (Å²) in [6, 6.07) is 3.53. The number of rotatable bonds is 5. The molecule has 0 saturated carbocycles. The number of nitrogens with zero attached hydrogens (tertiary/aromatic N) is 1. The van der Waals surface area contributed by atoms with E-state index in [1.807, 2.05) is 0 Å². The number of nitro groups is 1. The Morgan fingerprint density at radius 1 is 1.39 bits per heavy atom. The highest BCUT2D eigenvalue weighted by Crippen LogP contribution is 2.27. The first-order chi connectivity index (χ1) is 8.22. The van der Waals surface area contributed by atoms with Gasteiger partial charge in [0.25, 0.3) is 5.69 Å². The number of nitro benzene ring substituents is 1. The number of halogens is 1. The van der Waals surface area contributed by atoms with E-state index in [4.69, 9.17) is 0 Å². The van der Waals surface area contributed by atoms with Crippen LogP contribution in [0.4, 0.5) is 15.8 Å². The smallest absolute Gasteiger partial charge is 0.274 e. The summed E-state index contributed by atoms with van der Waals surface area (Å²) < 4.78 is 13.2. The van der Waals surface area contributed by atoms with Crippen molar-refractivity contribution < 1.29 is 9.31 Å². The van der Waals surface area contributed by atoms with E-state index in [0.29, 0.717) is 18.2 Å². The van der Waals surface area contributed by atoms with Crippen LogP contribution in [0.1, 0.15) is 27.7 Å². The molecule has 0 radical (unpaired) electrons. The van der Waals surface area contributed by atoms with E-state index in [9.17, 15) is 14.5 Å². The molecule has 5 heteroatoms. The Hall–Kier alpha value is -1.65. The summed E-state index contributed by atoms with van der Waals surface area (Å²) in [6.45, 7) is 9.04. The molecule has 1 rings (SSSR count). The Morgan fingerprint density at radius 2 is 2.00 bits per heavy atom. The fourth-order valence-electron chi connectivity index (χ4n) is 1.32. The third-order valence-electron chi connectivity index (χ3n) is 3.40. The average Bonchev–Trinajstić information content (AvgIpc) is 2.25. The number of anilines is 1. The van der Waals surface area contributed by atoms with Gasteiger partial charge in [0.2, 0.25) is 0 Å². The second-order valence-electron chi connectivity index (χ2n) is 5.45. The van der Waals surface area contributed by atoms with Gasteiger partial charge >= 0.3 is 0 Å². The number of non-ortho nitro benzene ring substituents is 1. The lowest BCUT2D eigenvalue weighted by molar-refractivity contribution is -0.385. The maximum Gasteiger partial charge on any atom is 0.274 e. The molecule has 0 unspecified atom stereocenters. The van der Waals surface area contributed by atoms with E-state index in [2.05, 4.69) is 33.0 Å². The van der Waals surface area contributed by atoms with Crippen molar-refractivity contribution in [2.24, 2.45) is 11.3 Å². The molecule has 0 fully saturated rings. The van der Waals surface area contributed by atoms with Crippen LogP contribution < -0.4 is 5.32 Å². The quantitative estimate of drug-likeness (QED) is 0.641. The molecule has 0 aromatic heterocycles. The summed E-state index contributed by atoms with van der Waals surface area (Å²) >= 11 is 0. The largest absolute Gasteiger partial charge is 0.384 e. The SMILES string of the molecule is CC(C)C(C)(C)CNc1cc(F)cc([N+](=O)[O-])c1. The van der Waals surface area contributed by atoms with Gasteiger partial charge in [-0.2, -0.15) is 0 Å². The lowest BCUT2D eigenvalue weighted by atomic mass is 9.81. The summed E-state index contributed by atoms with van der Waals surface area (Å²) in [6.07, 6.45) is 0. The molecule has 0 spiro atoms. The predicted octanol–water partition coefficient (Wildman–Crippen LogP) is 3.83. The second kappa shape index (κ2) is 5.33. The van der Waals surface area contributed by atoms with Crippen LogP contribution in [0, 0.1) is 27.3 Å². The first-order valence-corrected chi connectivity index (χ1v) is 5.91. The Balaban J connectivity index is 2.83. The zero-order valence-corrected chi connectivity index (χ0v) is 11.2. The molecule has 0 bridgehead atoms. The molecule has 1 aromatic rings.